The van der Waals surface area contributed by atoms with Crippen LogP contribution in [0.5, 0.6) is 0 Å². The Bertz CT molecular complexity index is 267. The summed E-state index contributed by atoms with van der Waals surface area (Å²) in [6.45, 7) is 4.24. The van der Waals surface area contributed by atoms with Gasteiger partial charge in [0.05, 0.1) is 0 Å². The van der Waals surface area contributed by atoms with Crippen LogP contribution in [0.25, 0.3) is 0 Å². The van der Waals surface area contributed by atoms with Crippen LogP contribution in [-0.2, 0) is 0 Å². The van der Waals surface area contributed by atoms with Crippen LogP contribution >= 0.6 is 9.24 Å². The number of rotatable bonds is 1. The lowest BCUT2D eigenvalue weighted by Crippen LogP contribution is -1.82. The fourth-order valence-corrected chi connectivity index (χ4v) is 1.66. The Kier molecular flexibility index (Phi) is 3.49. The third kappa shape index (κ3) is 2.79. The Morgan fingerprint density at radius 1 is 1.33 bits per heavy atom. The second-order valence-corrected chi connectivity index (χ2v) is 3.69. The van der Waals surface area contributed by atoms with Crippen molar-refractivity contribution >= 4 is 9.24 Å². The summed E-state index contributed by atoms with van der Waals surface area (Å²) in [5.74, 6) is 0.527. The molecule has 0 aliphatic heterocycles. The molecule has 0 saturated heterocycles. The van der Waals surface area contributed by atoms with Crippen LogP contribution in [-0.4, -0.2) is 0 Å². The van der Waals surface area contributed by atoms with Crippen molar-refractivity contribution in [1.82, 2.24) is 0 Å². The largest absolute Gasteiger partial charge is 0.106 e. The molecule has 0 amide bonds. The van der Waals surface area contributed by atoms with Crippen LogP contribution in [0.2, 0.25) is 0 Å². The molecule has 1 rings (SSSR count). The second kappa shape index (κ2) is 4.42. The first kappa shape index (κ1) is 9.48. The molecule has 2 atom stereocenters. The first-order valence-corrected chi connectivity index (χ1v) is 4.80. The molecule has 1 aliphatic carbocycles. The van der Waals surface area contributed by atoms with E-state index in [1.807, 2.05) is 6.92 Å². The van der Waals surface area contributed by atoms with Crippen molar-refractivity contribution in [3.05, 3.63) is 47.3 Å². The normalized spacial score (nSPS) is 23.8. The fraction of sp³-hybridized carbons (Fsp3) is 0.273. The van der Waals surface area contributed by atoms with Gasteiger partial charge in [0.15, 0.2) is 0 Å². The monoisotopic (exact) mass is 178 g/mol. The summed E-state index contributed by atoms with van der Waals surface area (Å²) in [4.78, 5) is 0. The number of allylic oxidation sites excluding steroid dienone is 8. The predicted octanol–water partition coefficient (Wildman–Crippen LogP) is 3.45. The molecule has 0 aromatic rings. The lowest BCUT2D eigenvalue weighted by molar-refractivity contribution is 0.936. The second-order valence-electron chi connectivity index (χ2n) is 3.03. The van der Waals surface area contributed by atoms with Crippen LogP contribution in [0.3, 0.4) is 0 Å². The van der Waals surface area contributed by atoms with Gasteiger partial charge in [0.1, 0.15) is 0 Å². The first-order valence-electron chi connectivity index (χ1n) is 4.22. The molecule has 64 valence electrons. The zero-order valence-corrected chi connectivity index (χ0v) is 8.77. The maximum Gasteiger partial charge on any atom is -0.00637 e. The van der Waals surface area contributed by atoms with Crippen molar-refractivity contribution < 1.29 is 0 Å². The zero-order chi connectivity index (χ0) is 8.97. The van der Waals surface area contributed by atoms with Gasteiger partial charge in [0, 0.05) is 0 Å². The topological polar surface area (TPSA) is 0 Å². The highest BCUT2D eigenvalue weighted by atomic mass is 31.0. The van der Waals surface area contributed by atoms with E-state index in [0.29, 0.717) is 5.92 Å². The van der Waals surface area contributed by atoms with Gasteiger partial charge in [-0.3, -0.25) is 0 Å². The zero-order valence-electron chi connectivity index (χ0n) is 7.62. The van der Waals surface area contributed by atoms with Gasteiger partial charge >= 0.3 is 0 Å². The summed E-state index contributed by atoms with van der Waals surface area (Å²) in [7, 11) is 2.73. The minimum absolute atomic E-state index is 0.527. The minimum Gasteiger partial charge on any atom is -0.106 e. The summed E-state index contributed by atoms with van der Waals surface area (Å²) in [5.41, 5.74) is 1.29. The van der Waals surface area contributed by atoms with Crippen molar-refractivity contribution in [2.75, 3.05) is 0 Å². The third-order valence-electron chi connectivity index (χ3n) is 1.74. The maximum absolute atomic E-state index is 2.73. The molecule has 0 saturated carbocycles. The van der Waals surface area contributed by atoms with E-state index in [0.717, 1.165) is 0 Å². The smallest absolute Gasteiger partial charge is 0.00637 e. The molecule has 0 radical (unpaired) electrons. The average molecular weight is 178 g/mol. The lowest BCUT2D eigenvalue weighted by Gasteiger charge is -1.97. The average Bonchev–Trinajstić information content (AvgIpc) is 2.13. The van der Waals surface area contributed by atoms with E-state index < -0.39 is 0 Å². The van der Waals surface area contributed by atoms with Gasteiger partial charge in [-0.05, 0) is 23.7 Å². The summed E-state index contributed by atoms with van der Waals surface area (Å²) in [6, 6.07) is 0. The van der Waals surface area contributed by atoms with Gasteiger partial charge in [-0.25, -0.2) is 0 Å². The molecular weight excluding hydrogens is 163 g/mol. The lowest BCUT2D eigenvalue weighted by atomic mass is 10.1. The van der Waals surface area contributed by atoms with E-state index >= 15 is 0 Å². The van der Waals surface area contributed by atoms with Crippen molar-refractivity contribution in [2.24, 2.45) is 5.92 Å². The van der Waals surface area contributed by atoms with E-state index in [1.54, 1.807) is 0 Å². The van der Waals surface area contributed by atoms with Crippen molar-refractivity contribution in [3.63, 3.8) is 0 Å². The fourth-order valence-electron chi connectivity index (χ4n) is 1.26. The van der Waals surface area contributed by atoms with Crippen LogP contribution in [0, 0.1) is 5.92 Å². The molecule has 0 N–H and O–H groups in total. The number of hydrogen-bond donors (Lipinski definition) is 0. The van der Waals surface area contributed by atoms with Crippen molar-refractivity contribution in [1.29, 1.82) is 0 Å². The molecule has 0 bridgehead atoms. The maximum atomic E-state index is 2.73. The third-order valence-corrected chi connectivity index (χ3v) is 2.12. The van der Waals surface area contributed by atoms with E-state index in [1.165, 1.54) is 10.9 Å². The summed E-state index contributed by atoms with van der Waals surface area (Å²) < 4.78 is 0. The molecule has 12 heavy (non-hydrogen) atoms. The van der Waals surface area contributed by atoms with Crippen molar-refractivity contribution in [3.8, 4) is 0 Å². The Labute approximate surface area is 77.0 Å². The molecule has 0 nitrogen and oxygen atoms in total. The first-order chi connectivity index (χ1) is 5.72. The van der Waals surface area contributed by atoms with Gasteiger partial charge in [-0.1, -0.05) is 43.4 Å². The Balaban J connectivity index is 2.87. The molecule has 0 aromatic carbocycles. The Hall–Kier alpha value is -0.610. The quantitative estimate of drug-likeness (QED) is 0.539. The van der Waals surface area contributed by atoms with E-state index in [4.69, 9.17) is 0 Å². The van der Waals surface area contributed by atoms with E-state index in [-0.39, 0.29) is 0 Å². The molecule has 0 aromatic heterocycles. The highest BCUT2D eigenvalue weighted by molar-refractivity contribution is 7.22. The molecule has 0 fully saturated rings. The summed E-state index contributed by atoms with van der Waals surface area (Å²) in [6.07, 6.45) is 13.0. The SMILES string of the molecule is C/C=C/C1=CC(C)C=C(P)C=C1. The summed E-state index contributed by atoms with van der Waals surface area (Å²) >= 11 is 0. The van der Waals surface area contributed by atoms with Gasteiger partial charge in [-0.15, -0.1) is 9.24 Å². The molecule has 2 unspecified atom stereocenters. The molecular formula is C11H15P. The van der Waals surface area contributed by atoms with Crippen LogP contribution in [0.1, 0.15) is 13.8 Å². The number of hydrogen-bond acceptors (Lipinski definition) is 0. The predicted molar refractivity (Wildman–Crippen MR) is 59.0 cm³/mol. The van der Waals surface area contributed by atoms with Crippen LogP contribution < -0.4 is 0 Å². The van der Waals surface area contributed by atoms with E-state index in [9.17, 15) is 0 Å². The highest BCUT2D eigenvalue weighted by Crippen LogP contribution is 2.19. The Morgan fingerprint density at radius 2 is 2.08 bits per heavy atom. The van der Waals surface area contributed by atoms with Gasteiger partial charge in [-0.2, -0.15) is 0 Å². The molecule has 0 heterocycles. The van der Waals surface area contributed by atoms with E-state index in [2.05, 4.69) is 52.6 Å². The van der Waals surface area contributed by atoms with Gasteiger partial charge in [0.2, 0.25) is 0 Å². The van der Waals surface area contributed by atoms with Crippen LogP contribution in [0.15, 0.2) is 47.3 Å². The van der Waals surface area contributed by atoms with Crippen molar-refractivity contribution in [2.45, 2.75) is 13.8 Å². The Morgan fingerprint density at radius 3 is 2.75 bits per heavy atom. The van der Waals surface area contributed by atoms with Gasteiger partial charge < -0.3 is 0 Å². The summed E-state index contributed by atoms with van der Waals surface area (Å²) in [5, 5.41) is 1.26. The molecule has 1 aliphatic rings. The highest BCUT2D eigenvalue weighted by Gasteiger charge is 1.98. The molecule has 1 heteroatoms. The molecule has 0 spiro atoms. The van der Waals surface area contributed by atoms with Crippen LogP contribution in [0.4, 0.5) is 0 Å². The standard InChI is InChI=1S/C11H15P/c1-3-4-10-5-6-11(12)8-9(2)7-10/h3-9H,12H2,1-2H3/b4-3+. The van der Waals surface area contributed by atoms with Gasteiger partial charge in [0.25, 0.3) is 0 Å². The minimum atomic E-state index is 0.527.